The van der Waals surface area contributed by atoms with Crippen molar-refractivity contribution in [1.29, 1.82) is 0 Å². The molecule has 0 amide bonds. The average Bonchev–Trinajstić information content (AvgIpc) is 2.99. The lowest BCUT2D eigenvalue weighted by Gasteiger charge is -2.08. The molecule has 0 unspecified atom stereocenters. The van der Waals surface area contributed by atoms with E-state index in [1.165, 1.54) is 5.56 Å². The fourth-order valence-corrected chi connectivity index (χ4v) is 3.66. The van der Waals surface area contributed by atoms with E-state index >= 15 is 0 Å². The molecule has 0 bridgehead atoms. The first-order chi connectivity index (χ1) is 11.9. The third kappa shape index (κ3) is 3.19. The standard InChI is InChI=1S/C20H17N3S/c1-2-8-16(9-3-1)15-24-20-22-18-11-4-5-12-19(18)23(20)14-17-10-6-7-13-21-17/h1-13H,14-15H2. The quantitative estimate of drug-likeness (QED) is 0.493. The summed E-state index contributed by atoms with van der Waals surface area (Å²) >= 11 is 1.77. The van der Waals surface area contributed by atoms with Gasteiger partial charge < -0.3 is 4.57 Å². The van der Waals surface area contributed by atoms with Crippen LogP contribution in [0.3, 0.4) is 0 Å². The minimum absolute atomic E-state index is 0.735. The van der Waals surface area contributed by atoms with Gasteiger partial charge in [-0.3, -0.25) is 4.98 Å². The van der Waals surface area contributed by atoms with E-state index in [2.05, 4.69) is 58.1 Å². The van der Waals surface area contributed by atoms with Crippen molar-refractivity contribution in [1.82, 2.24) is 14.5 Å². The Morgan fingerprint density at radius 2 is 1.62 bits per heavy atom. The third-order valence-electron chi connectivity index (χ3n) is 3.88. The van der Waals surface area contributed by atoms with E-state index in [1.54, 1.807) is 11.8 Å². The van der Waals surface area contributed by atoms with Crippen molar-refractivity contribution in [3.05, 3.63) is 90.3 Å². The lowest BCUT2D eigenvalue weighted by Crippen LogP contribution is -2.03. The molecule has 0 radical (unpaired) electrons. The van der Waals surface area contributed by atoms with Gasteiger partial charge >= 0.3 is 0 Å². The molecule has 0 spiro atoms. The molecular weight excluding hydrogens is 314 g/mol. The van der Waals surface area contributed by atoms with Gasteiger partial charge in [0.15, 0.2) is 5.16 Å². The second-order valence-electron chi connectivity index (χ2n) is 5.56. The summed E-state index contributed by atoms with van der Waals surface area (Å²) in [5.74, 6) is 0.909. The summed E-state index contributed by atoms with van der Waals surface area (Å²) in [7, 11) is 0. The van der Waals surface area contributed by atoms with Gasteiger partial charge in [-0.15, -0.1) is 0 Å². The van der Waals surface area contributed by atoms with Gasteiger partial charge in [0.2, 0.25) is 0 Å². The highest BCUT2D eigenvalue weighted by molar-refractivity contribution is 7.98. The van der Waals surface area contributed by atoms with E-state index < -0.39 is 0 Å². The number of hydrogen-bond donors (Lipinski definition) is 0. The van der Waals surface area contributed by atoms with Crippen LogP contribution in [0.5, 0.6) is 0 Å². The molecule has 0 aliphatic carbocycles. The molecule has 4 heteroatoms. The van der Waals surface area contributed by atoms with E-state index in [0.29, 0.717) is 0 Å². The Morgan fingerprint density at radius 1 is 0.833 bits per heavy atom. The minimum atomic E-state index is 0.735. The molecule has 0 aliphatic heterocycles. The van der Waals surface area contributed by atoms with Gasteiger partial charge in [0.25, 0.3) is 0 Å². The van der Waals surface area contributed by atoms with Crippen molar-refractivity contribution in [2.45, 2.75) is 17.5 Å². The average molecular weight is 331 g/mol. The van der Waals surface area contributed by atoms with Crippen molar-refractivity contribution in [2.75, 3.05) is 0 Å². The summed E-state index contributed by atoms with van der Waals surface area (Å²) in [5.41, 5.74) is 4.53. The van der Waals surface area contributed by atoms with E-state index in [-0.39, 0.29) is 0 Å². The minimum Gasteiger partial charge on any atom is -0.313 e. The monoisotopic (exact) mass is 331 g/mol. The Hall–Kier alpha value is -2.59. The van der Waals surface area contributed by atoms with Crippen LogP contribution in [0, 0.1) is 0 Å². The second kappa shape index (κ2) is 6.89. The van der Waals surface area contributed by atoms with Crippen LogP contribution in [0.1, 0.15) is 11.3 Å². The Balaban J connectivity index is 1.67. The summed E-state index contributed by atoms with van der Waals surface area (Å²) in [6.07, 6.45) is 1.84. The highest BCUT2D eigenvalue weighted by atomic mass is 32.2. The predicted octanol–water partition coefficient (Wildman–Crippen LogP) is 4.77. The van der Waals surface area contributed by atoms with Gasteiger partial charge in [-0.2, -0.15) is 0 Å². The zero-order valence-corrected chi connectivity index (χ0v) is 14.0. The summed E-state index contributed by atoms with van der Waals surface area (Å²) in [6.45, 7) is 0.735. The van der Waals surface area contributed by atoms with Gasteiger partial charge in [-0.1, -0.05) is 60.3 Å². The van der Waals surface area contributed by atoms with Gasteiger partial charge in [-0.25, -0.2) is 4.98 Å². The number of para-hydroxylation sites is 2. The van der Waals surface area contributed by atoms with Gasteiger partial charge in [0.05, 0.1) is 23.3 Å². The zero-order chi connectivity index (χ0) is 16.2. The normalized spacial score (nSPS) is 11.0. The van der Waals surface area contributed by atoms with Crippen molar-refractivity contribution >= 4 is 22.8 Å². The van der Waals surface area contributed by atoms with Crippen molar-refractivity contribution in [3.63, 3.8) is 0 Å². The third-order valence-corrected chi connectivity index (χ3v) is 4.92. The maximum absolute atomic E-state index is 4.82. The molecule has 0 N–H and O–H groups in total. The van der Waals surface area contributed by atoms with Crippen molar-refractivity contribution < 1.29 is 0 Å². The maximum Gasteiger partial charge on any atom is 0.169 e. The van der Waals surface area contributed by atoms with Crippen molar-refractivity contribution in [2.24, 2.45) is 0 Å². The molecule has 0 fully saturated rings. The molecule has 4 aromatic rings. The maximum atomic E-state index is 4.82. The predicted molar refractivity (Wildman–Crippen MR) is 99.1 cm³/mol. The number of thioether (sulfide) groups is 1. The Kier molecular flexibility index (Phi) is 4.30. The number of hydrogen-bond acceptors (Lipinski definition) is 3. The molecule has 0 saturated carbocycles. The first kappa shape index (κ1) is 15.0. The topological polar surface area (TPSA) is 30.7 Å². The molecule has 4 rings (SSSR count). The smallest absolute Gasteiger partial charge is 0.169 e. The molecule has 0 saturated heterocycles. The fourth-order valence-electron chi connectivity index (χ4n) is 2.69. The summed E-state index contributed by atoms with van der Waals surface area (Å²) < 4.78 is 2.26. The summed E-state index contributed by atoms with van der Waals surface area (Å²) in [4.78, 5) is 9.28. The summed E-state index contributed by atoms with van der Waals surface area (Å²) in [6, 6.07) is 24.8. The number of imidazole rings is 1. The van der Waals surface area contributed by atoms with Crippen LogP contribution < -0.4 is 0 Å². The van der Waals surface area contributed by atoms with E-state index in [0.717, 1.165) is 34.2 Å². The second-order valence-corrected chi connectivity index (χ2v) is 6.51. The highest BCUT2D eigenvalue weighted by Crippen LogP contribution is 2.27. The Morgan fingerprint density at radius 3 is 2.46 bits per heavy atom. The molecule has 118 valence electrons. The van der Waals surface area contributed by atoms with Crippen LogP contribution in [0.2, 0.25) is 0 Å². The molecule has 24 heavy (non-hydrogen) atoms. The number of aromatic nitrogens is 3. The lowest BCUT2D eigenvalue weighted by molar-refractivity contribution is 0.714. The first-order valence-corrected chi connectivity index (χ1v) is 8.90. The van der Waals surface area contributed by atoms with Crippen LogP contribution in [0.15, 0.2) is 84.1 Å². The first-order valence-electron chi connectivity index (χ1n) is 7.92. The van der Waals surface area contributed by atoms with Crippen LogP contribution in [0.4, 0.5) is 0 Å². The number of benzene rings is 2. The molecular formula is C20H17N3S. The highest BCUT2D eigenvalue weighted by Gasteiger charge is 2.12. The molecule has 2 aromatic heterocycles. The fraction of sp³-hybridized carbons (Fsp3) is 0.100. The van der Waals surface area contributed by atoms with Crippen LogP contribution in [-0.2, 0) is 12.3 Å². The number of pyridine rings is 1. The SMILES string of the molecule is c1ccc(CSc2nc3ccccc3n2Cc2ccccn2)cc1. The van der Waals surface area contributed by atoms with Gasteiger partial charge in [0.1, 0.15) is 0 Å². The van der Waals surface area contributed by atoms with E-state index in [4.69, 9.17) is 4.98 Å². The number of fused-ring (bicyclic) bond motifs is 1. The Bertz CT molecular complexity index is 933. The largest absolute Gasteiger partial charge is 0.313 e. The molecule has 2 heterocycles. The lowest BCUT2D eigenvalue weighted by atomic mass is 10.2. The van der Waals surface area contributed by atoms with Gasteiger partial charge in [0, 0.05) is 11.9 Å². The molecule has 3 nitrogen and oxygen atoms in total. The van der Waals surface area contributed by atoms with Crippen LogP contribution >= 0.6 is 11.8 Å². The zero-order valence-electron chi connectivity index (χ0n) is 13.2. The number of rotatable bonds is 5. The van der Waals surface area contributed by atoms with E-state index in [9.17, 15) is 0 Å². The molecule has 0 atom stereocenters. The van der Waals surface area contributed by atoms with Crippen molar-refractivity contribution in [3.8, 4) is 0 Å². The van der Waals surface area contributed by atoms with E-state index in [1.807, 2.05) is 30.5 Å². The Labute approximate surface area is 145 Å². The summed E-state index contributed by atoms with van der Waals surface area (Å²) in [5, 5.41) is 1.03. The van der Waals surface area contributed by atoms with Gasteiger partial charge in [-0.05, 0) is 29.8 Å². The number of nitrogens with zero attached hydrogens (tertiary/aromatic N) is 3. The van der Waals surface area contributed by atoms with Crippen LogP contribution in [0.25, 0.3) is 11.0 Å². The van der Waals surface area contributed by atoms with Crippen LogP contribution in [-0.4, -0.2) is 14.5 Å². The molecule has 0 aliphatic rings. The molecule has 2 aromatic carbocycles.